The lowest BCUT2D eigenvalue weighted by Crippen LogP contribution is -2.55. The van der Waals surface area contributed by atoms with Gasteiger partial charge in [0.2, 0.25) is 0 Å². The molecule has 0 fully saturated rings. The molecule has 1 aliphatic heterocycles. The monoisotopic (exact) mass is 345 g/mol. The van der Waals surface area contributed by atoms with Gasteiger partial charge in [-0.05, 0) is 46.2 Å². The predicted molar refractivity (Wildman–Crippen MR) is 97.6 cm³/mol. The maximum absolute atomic E-state index is 12.1. The van der Waals surface area contributed by atoms with E-state index < -0.39 is 5.54 Å². The predicted octanol–water partition coefficient (Wildman–Crippen LogP) is 3.59. The van der Waals surface area contributed by atoms with Crippen molar-refractivity contribution in [1.29, 1.82) is 0 Å². The first-order valence-corrected chi connectivity index (χ1v) is 8.99. The molecule has 0 spiro atoms. The van der Waals surface area contributed by atoms with Gasteiger partial charge in [-0.25, -0.2) is 4.98 Å². The topological polar surface area (TPSA) is 69.2 Å². The minimum atomic E-state index is -0.415. The first-order valence-electron chi connectivity index (χ1n) is 8.01. The number of hydrogen-bond acceptors (Lipinski definition) is 5. The Labute approximate surface area is 145 Å². The maximum Gasteiger partial charge on any atom is 0.259 e. The van der Waals surface area contributed by atoms with Gasteiger partial charge in [0.1, 0.15) is 0 Å². The Morgan fingerprint density at radius 1 is 1.29 bits per heavy atom. The van der Waals surface area contributed by atoms with Crippen molar-refractivity contribution in [2.24, 2.45) is 0 Å². The van der Waals surface area contributed by atoms with E-state index in [0.717, 1.165) is 12.2 Å². The standard InChI is InChI=1S/C18H23N3O2S/c1-17(2)9-12(10-18(3,4)21(17)23)11-24-16-19-14-8-6-5-7-13(14)15(22)20-16/h5-9,23H,10-11H2,1-4H3,(H,19,20,22). The molecule has 2 heterocycles. The molecule has 2 N–H and O–H groups in total. The number of benzene rings is 1. The summed E-state index contributed by atoms with van der Waals surface area (Å²) in [4.78, 5) is 19.5. The Balaban J connectivity index is 1.82. The van der Waals surface area contributed by atoms with Gasteiger partial charge in [0.25, 0.3) is 5.56 Å². The quantitative estimate of drug-likeness (QED) is 0.505. The van der Waals surface area contributed by atoms with E-state index in [-0.39, 0.29) is 11.1 Å². The molecule has 6 heteroatoms. The summed E-state index contributed by atoms with van der Waals surface area (Å²) in [5.74, 6) is 0.738. The molecule has 0 bridgehead atoms. The highest BCUT2D eigenvalue weighted by molar-refractivity contribution is 7.99. The molecule has 0 amide bonds. The Morgan fingerprint density at radius 2 is 2.00 bits per heavy atom. The van der Waals surface area contributed by atoms with Crippen molar-refractivity contribution in [3.63, 3.8) is 0 Å². The third-order valence-corrected chi connectivity index (χ3v) is 5.30. The first kappa shape index (κ1) is 17.2. The molecular weight excluding hydrogens is 322 g/mol. The molecule has 3 rings (SSSR count). The number of nitrogens with zero attached hydrogens (tertiary/aromatic N) is 2. The van der Waals surface area contributed by atoms with Crippen LogP contribution in [0.15, 0.2) is 45.9 Å². The zero-order chi connectivity index (χ0) is 17.5. The first-order chi connectivity index (χ1) is 11.2. The molecule has 1 aromatic heterocycles. The van der Waals surface area contributed by atoms with E-state index in [2.05, 4.69) is 16.0 Å². The van der Waals surface area contributed by atoms with Crippen LogP contribution in [0.2, 0.25) is 0 Å². The van der Waals surface area contributed by atoms with Crippen LogP contribution < -0.4 is 5.56 Å². The van der Waals surface area contributed by atoms with Crippen molar-refractivity contribution < 1.29 is 5.21 Å². The number of thioether (sulfide) groups is 1. The SMILES string of the molecule is CC1(C)C=C(CSc2nc3ccccc3c(=O)[nH]2)CC(C)(C)N1O. The van der Waals surface area contributed by atoms with Crippen LogP contribution in [0.4, 0.5) is 0 Å². The Hall–Kier alpha value is -1.63. The van der Waals surface area contributed by atoms with Crippen LogP contribution in [-0.4, -0.2) is 37.1 Å². The molecule has 0 aliphatic carbocycles. The minimum absolute atomic E-state index is 0.108. The second-order valence-electron chi connectivity index (χ2n) is 7.43. The Morgan fingerprint density at radius 3 is 2.71 bits per heavy atom. The van der Waals surface area contributed by atoms with Crippen LogP contribution in [0.25, 0.3) is 10.9 Å². The highest BCUT2D eigenvalue weighted by atomic mass is 32.2. The fraction of sp³-hybridized carbons (Fsp3) is 0.444. The minimum Gasteiger partial charge on any atom is -0.313 e. The largest absolute Gasteiger partial charge is 0.313 e. The van der Waals surface area contributed by atoms with E-state index in [4.69, 9.17) is 0 Å². The second-order valence-corrected chi connectivity index (χ2v) is 8.40. The number of para-hydroxylation sites is 1. The molecule has 2 aromatic rings. The van der Waals surface area contributed by atoms with Gasteiger partial charge in [-0.2, -0.15) is 5.06 Å². The summed E-state index contributed by atoms with van der Waals surface area (Å²) in [6.45, 7) is 8.05. The van der Waals surface area contributed by atoms with Crippen molar-refractivity contribution in [3.05, 3.63) is 46.3 Å². The van der Waals surface area contributed by atoms with Gasteiger partial charge in [0, 0.05) is 11.3 Å². The number of rotatable bonds is 3. The molecule has 0 atom stereocenters. The number of hydrogen-bond donors (Lipinski definition) is 2. The van der Waals surface area contributed by atoms with Gasteiger partial charge < -0.3 is 10.2 Å². The summed E-state index contributed by atoms with van der Waals surface area (Å²) in [5, 5.41) is 13.0. The van der Waals surface area contributed by atoms with Crippen molar-refractivity contribution in [2.45, 2.75) is 50.4 Å². The summed E-state index contributed by atoms with van der Waals surface area (Å²) in [5.41, 5.74) is 1.11. The Bertz CT molecular complexity index is 855. The lowest BCUT2D eigenvalue weighted by Gasteiger charge is -2.47. The normalized spacial score (nSPS) is 20.1. The van der Waals surface area contributed by atoms with Gasteiger partial charge in [-0.1, -0.05) is 35.5 Å². The van der Waals surface area contributed by atoms with Crippen LogP contribution in [0, 0.1) is 0 Å². The van der Waals surface area contributed by atoms with E-state index in [1.165, 1.54) is 22.4 Å². The fourth-order valence-corrected chi connectivity index (χ4v) is 4.24. The zero-order valence-corrected chi connectivity index (χ0v) is 15.3. The summed E-state index contributed by atoms with van der Waals surface area (Å²) in [6, 6.07) is 7.35. The summed E-state index contributed by atoms with van der Waals surface area (Å²) in [6.07, 6.45) is 2.88. The van der Waals surface area contributed by atoms with E-state index in [0.29, 0.717) is 16.1 Å². The molecule has 0 radical (unpaired) electrons. The third kappa shape index (κ3) is 3.27. The maximum atomic E-state index is 12.1. The van der Waals surface area contributed by atoms with Crippen LogP contribution in [0.1, 0.15) is 34.1 Å². The van der Waals surface area contributed by atoms with Crippen LogP contribution in [-0.2, 0) is 0 Å². The van der Waals surface area contributed by atoms with Crippen molar-refractivity contribution >= 4 is 22.7 Å². The summed E-state index contributed by atoms with van der Waals surface area (Å²) in [7, 11) is 0. The van der Waals surface area contributed by atoms with Crippen molar-refractivity contribution in [2.75, 3.05) is 5.75 Å². The second kappa shape index (κ2) is 6.02. The van der Waals surface area contributed by atoms with E-state index in [1.54, 1.807) is 6.07 Å². The third-order valence-electron chi connectivity index (χ3n) is 4.32. The van der Waals surface area contributed by atoms with Gasteiger partial charge in [-0.15, -0.1) is 0 Å². The van der Waals surface area contributed by atoms with Gasteiger partial charge >= 0.3 is 0 Å². The van der Waals surface area contributed by atoms with E-state index >= 15 is 0 Å². The van der Waals surface area contributed by atoms with Gasteiger partial charge in [0.15, 0.2) is 5.16 Å². The number of hydroxylamine groups is 2. The lowest BCUT2D eigenvalue weighted by molar-refractivity contribution is -0.213. The molecule has 1 aliphatic rings. The number of aromatic amines is 1. The summed E-state index contributed by atoms with van der Waals surface area (Å²) >= 11 is 1.52. The van der Waals surface area contributed by atoms with Crippen molar-refractivity contribution in [1.82, 2.24) is 15.0 Å². The number of nitrogens with one attached hydrogen (secondary N) is 1. The molecule has 0 saturated heterocycles. The van der Waals surface area contributed by atoms with E-state index in [9.17, 15) is 10.0 Å². The molecule has 0 unspecified atom stereocenters. The summed E-state index contributed by atoms with van der Waals surface area (Å²) < 4.78 is 0. The average molecular weight is 345 g/mol. The number of H-pyrrole nitrogens is 1. The lowest BCUT2D eigenvalue weighted by atomic mass is 9.83. The van der Waals surface area contributed by atoms with Crippen molar-refractivity contribution in [3.8, 4) is 0 Å². The molecule has 1 aromatic carbocycles. The number of fused-ring (bicyclic) bond motifs is 1. The van der Waals surface area contributed by atoms with Gasteiger partial charge in [0.05, 0.1) is 16.4 Å². The average Bonchev–Trinajstić information content (AvgIpc) is 2.50. The van der Waals surface area contributed by atoms with Crippen LogP contribution in [0.3, 0.4) is 0 Å². The Kier molecular flexibility index (Phi) is 4.32. The molecular formula is C18H23N3O2S. The zero-order valence-electron chi connectivity index (χ0n) is 14.5. The van der Waals surface area contributed by atoms with Gasteiger partial charge in [-0.3, -0.25) is 4.79 Å². The highest BCUT2D eigenvalue weighted by Gasteiger charge is 2.40. The molecule has 24 heavy (non-hydrogen) atoms. The smallest absolute Gasteiger partial charge is 0.259 e. The molecule has 0 saturated carbocycles. The van der Waals surface area contributed by atoms with Crippen LogP contribution >= 0.6 is 11.8 Å². The highest BCUT2D eigenvalue weighted by Crippen LogP contribution is 2.37. The fourth-order valence-electron chi connectivity index (χ4n) is 3.41. The number of aromatic nitrogens is 2. The van der Waals surface area contributed by atoms with E-state index in [1.807, 2.05) is 45.9 Å². The van der Waals surface area contributed by atoms with Crippen LogP contribution in [0.5, 0.6) is 0 Å². The molecule has 128 valence electrons. The molecule has 5 nitrogen and oxygen atoms in total.